The zero-order chi connectivity index (χ0) is 13.8. The maximum atomic E-state index is 4.43. The van der Waals surface area contributed by atoms with E-state index >= 15 is 0 Å². The molecule has 0 spiro atoms. The van der Waals surface area contributed by atoms with Crippen LogP contribution in [0.15, 0.2) is 35.1 Å². The molecule has 0 saturated heterocycles. The molecule has 0 radical (unpaired) electrons. The Hall–Kier alpha value is -1.13. The van der Waals surface area contributed by atoms with Gasteiger partial charge in [0.15, 0.2) is 0 Å². The van der Waals surface area contributed by atoms with Crippen LogP contribution in [-0.2, 0) is 6.42 Å². The molecule has 4 heteroatoms. The van der Waals surface area contributed by atoms with Gasteiger partial charge >= 0.3 is 0 Å². The first-order chi connectivity index (χ1) is 9.17. The molecular weight excluding hydrogens is 302 g/mol. The van der Waals surface area contributed by atoms with Gasteiger partial charge in [0.05, 0.1) is 5.69 Å². The van der Waals surface area contributed by atoms with Crippen LogP contribution in [0.25, 0.3) is 5.69 Å². The fourth-order valence-electron chi connectivity index (χ4n) is 2.12. The van der Waals surface area contributed by atoms with Gasteiger partial charge in [-0.25, -0.2) is 4.98 Å². The van der Waals surface area contributed by atoms with E-state index in [9.17, 15) is 0 Å². The molecule has 102 valence electrons. The molecule has 2 rings (SSSR count). The highest BCUT2D eigenvalue weighted by Gasteiger charge is 2.10. The lowest BCUT2D eigenvalue weighted by molar-refractivity contribution is 0.651. The van der Waals surface area contributed by atoms with Crippen molar-refractivity contribution in [1.29, 1.82) is 0 Å². The Bertz CT molecular complexity index is 548. The molecule has 0 aliphatic heterocycles. The van der Waals surface area contributed by atoms with Gasteiger partial charge in [-0.3, -0.25) is 0 Å². The van der Waals surface area contributed by atoms with Crippen molar-refractivity contribution in [3.05, 3.63) is 46.5 Å². The summed E-state index contributed by atoms with van der Waals surface area (Å²) in [4.78, 5) is 4.43. The largest absolute Gasteiger partial charge is 0.313 e. The quantitative estimate of drug-likeness (QED) is 0.906. The van der Waals surface area contributed by atoms with Gasteiger partial charge in [0.2, 0.25) is 0 Å². The number of imidazole rings is 1. The maximum Gasteiger partial charge on any atom is 0.113 e. The summed E-state index contributed by atoms with van der Waals surface area (Å²) in [6.07, 6.45) is 5.98. The molecule has 1 unspecified atom stereocenters. The minimum atomic E-state index is 0.350. The summed E-state index contributed by atoms with van der Waals surface area (Å²) < 4.78 is 3.25. The molecular formula is C15H20BrN3. The summed E-state index contributed by atoms with van der Waals surface area (Å²) in [6, 6.07) is 6.83. The predicted molar refractivity (Wildman–Crippen MR) is 82.7 cm³/mol. The maximum absolute atomic E-state index is 4.43. The number of aromatic nitrogens is 2. The molecule has 3 nitrogen and oxygen atoms in total. The van der Waals surface area contributed by atoms with Crippen LogP contribution in [0.1, 0.15) is 37.7 Å². The van der Waals surface area contributed by atoms with Gasteiger partial charge in [-0.05, 0) is 54.0 Å². The second-order valence-corrected chi connectivity index (χ2v) is 5.54. The molecule has 0 bridgehead atoms. The lowest BCUT2D eigenvalue weighted by Gasteiger charge is -2.14. The number of aryl methyl sites for hydroxylation is 1. The van der Waals surface area contributed by atoms with Crippen molar-refractivity contribution >= 4 is 15.9 Å². The van der Waals surface area contributed by atoms with Crippen LogP contribution < -0.4 is 5.32 Å². The van der Waals surface area contributed by atoms with Gasteiger partial charge in [0.25, 0.3) is 0 Å². The van der Waals surface area contributed by atoms with E-state index in [1.807, 2.05) is 19.4 Å². The summed E-state index contributed by atoms with van der Waals surface area (Å²) in [6.45, 7) is 4.33. The summed E-state index contributed by atoms with van der Waals surface area (Å²) >= 11 is 3.67. The van der Waals surface area contributed by atoms with Crippen molar-refractivity contribution in [2.75, 3.05) is 7.05 Å². The summed E-state index contributed by atoms with van der Waals surface area (Å²) in [5.74, 6) is 1.11. The number of nitrogens with one attached hydrogen (secondary N) is 1. The molecule has 0 aliphatic carbocycles. The Morgan fingerprint density at radius 1 is 1.42 bits per heavy atom. The fourth-order valence-corrected chi connectivity index (χ4v) is 2.70. The van der Waals surface area contributed by atoms with Crippen LogP contribution in [0.2, 0.25) is 0 Å². The van der Waals surface area contributed by atoms with E-state index < -0.39 is 0 Å². The standard InChI is InChI=1S/C15H20BrN3/c1-4-5-15-18-8-9-19(15)14-7-6-12(10-13(14)16)11(2)17-3/h6-11,17H,4-5H2,1-3H3. The molecule has 0 fully saturated rings. The average Bonchev–Trinajstić information content (AvgIpc) is 2.86. The molecule has 1 aromatic carbocycles. The Morgan fingerprint density at radius 2 is 2.21 bits per heavy atom. The van der Waals surface area contributed by atoms with Crippen LogP contribution in [-0.4, -0.2) is 16.6 Å². The molecule has 0 saturated carbocycles. The normalized spacial score (nSPS) is 12.6. The Labute approximate surface area is 123 Å². The van der Waals surface area contributed by atoms with Crippen LogP contribution in [0.3, 0.4) is 0 Å². The molecule has 1 atom stereocenters. The minimum Gasteiger partial charge on any atom is -0.313 e. The van der Waals surface area contributed by atoms with Gasteiger partial charge in [-0.2, -0.15) is 0 Å². The number of rotatable bonds is 5. The van der Waals surface area contributed by atoms with Gasteiger partial charge in [0, 0.05) is 29.3 Å². The number of hydrogen-bond acceptors (Lipinski definition) is 2. The number of nitrogens with zero attached hydrogens (tertiary/aromatic N) is 2. The van der Waals surface area contributed by atoms with Crippen LogP contribution in [0, 0.1) is 0 Å². The van der Waals surface area contributed by atoms with Crippen LogP contribution >= 0.6 is 15.9 Å². The van der Waals surface area contributed by atoms with Gasteiger partial charge in [-0.1, -0.05) is 13.0 Å². The lowest BCUT2D eigenvalue weighted by atomic mass is 10.1. The number of hydrogen-bond donors (Lipinski definition) is 1. The molecule has 1 aromatic heterocycles. The second-order valence-electron chi connectivity index (χ2n) is 4.68. The highest BCUT2D eigenvalue weighted by molar-refractivity contribution is 9.10. The minimum absolute atomic E-state index is 0.350. The predicted octanol–water partition coefficient (Wildman–Crippen LogP) is 3.87. The van der Waals surface area contributed by atoms with Gasteiger partial charge in [0.1, 0.15) is 5.82 Å². The van der Waals surface area contributed by atoms with E-state index in [2.05, 4.69) is 62.8 Å². The molecule has 0 amide bonds. The van der Waals surface area contributed by atoms with E-state index in [1.165, 1.54) is 5.56 Å². The summed E-state index contributed by atoms with van der Waals surface area (Å²) in [7, 11) is 1.97. The smallest absolute Gasteiger partial charge is 0.113 e. The van der Waals surface area contributed by atoms with Crippen molar-refractivity contribution in [3.8, 4) is 5.69 Å². The van der Waals surface area contributed by atoms with E-state index in [0.717, 1.165) is 28.8 Å². The van der Waals surface area contributed by atoms with Crippen molar-refractivity contribution in [2.24, 2.45) is 0 Å². The van der Waals surface area contributed by atoms with Crippen molar-refractivity contribution in [3.63, 3.8) is 0 Å². The van der Waals surface area contributed by atoms with E-state index in [0.29, 0.717) is 6.04 Å². The lowest BCUT2D eigenvalue weighted by Crippen LogP contribution is -2.12. The highest BCUT2D eigenvalue weighted by atomic mass is 79.9. The van der Waals surface area contributed by atoms with Crippen molar-refractivity contribution < 1.29 is 0 Å². The first kappa shape index (κ1) is 14.3. The van der Waals surface area contributed by atoms with Gasteiger partial charge in [-0.15, -0.1) is 0 Å². The van der Waals surface area contributed by atoms with Crippen molar-refractivity contribution in [1.82, 2.24) is 14.9 Å². The zero-order valence-electron chi connectivity index (χ0n) is 11.7. The second kappa shape index (κ2) is 6.35. The zero-order valence-corrected chi connectivity index (χ0v) is 13.2. The van der Waals surface area contributed by atoms with E-state index in [1.54, 1.807) is 0 Å². The Morgan fingerprint density at radius 3 is 2.84 bits per heavy atom. The number of benzene rings is 1. The summed E-state index contributed by atoms with van der Waals surface area (Å²) in [5.41, 5.74) is 2.42. The highest BCUT2D eigenvalue weighted by Crippen LogP contribution is 2.26. The van der Waals surface area contributed by atoms with Crippen LogP contribution in [0.5, 0.6) is 0 Å². The topological polar surface area (TPSA) is 29.9 Å². The third-order valence-corrected chi connectivity index (χ3v) is 3.99. The van der Waals surface area contributed by atoms with Crippen LogP contribution in [0.4, 0.5) is 0 Å². The van der Waals surface area contributed by atoms with Crippen molar-refractivity contribution in [2.45, 2.75) is 32.7 Å². The fraction of sp³-hybridized carbons (Fsp3) is 0.400. The monoisotopic (exact) mass is 321 g/mol. The van der Waals surface area contributed by atoms with E-state index in [-0.39, 0.29) is 0 Å². The number of halogens is 1. The van der Waals surface area contributed by atoms with Gasteiger partial charge < -0.3 is 9.88 Å². The van der Waals surface area contributed by atoms with E-state index in [4.69, 9.17) is 0 Å². The average molecular weight is 322 g/mol. The Kier molecular flexibility index (Phi) is 4.77. The molecule has 19 heavy (non-hydrogen) atoms. The molecule has 2 aromatic rings. The Balaban J connectivity index is 2.37. The third kappa shape index (κ3) is 3.07. The third-order valence-electron chi connectivity index (χ3n) is 3.36. The summed E-state index contributed by atoms with van der Waals surface area (Å²) in [5, 5.41) is 3.25. The first-order valence-corrected chi connectivity index (χ1v) is 7.46. The molecule has 0 aliphatic rings. The molecule has 1 N–H and O–H groups in total. The first-order valence-electron chi connectivity index (χ1n) is 6.66. The molecule has 1 heterocycles. The SMILES string of the molecule is CCCc1nccn1-c1ccc(C(C)NC)cc1Br.